The van der Waals surface area contributed by atoms with E-state index in [1.165, 1.54) is 0 Å². The van der Waals surface area contributed by atoms with Crippen molar-refractivity contribution in [2.75, 3.05) is 6.54 Å². The van der Waals surface area contributed by atoms with E-state index >= 15 is 0 Å². The summed E-state index contributed by atoms with van der Waals surface area (Å²) in [6.07, 6.45) is 4.24. The monoisotopic (exact) mass is 274 g/mol. The second kappa shape index (κ2) is 7.08. The summed E-state index contributed by atoms with van der Waals surface area (Å²) in [6, 6.07) is 10.1. The number of nitrogens with one attached hydrogen (secondary N) is 2. The molecule has 4 nitrogen and oxygen atoms in total. The van der Waals surface area contributed by atoms with Crippen LogP contribution >= 0.6 is 0 Å². The van der Waals surface area contributed by atoms with E-state index in [0.717, 1.165) is 31.2 Å². The van der Waals surface area contributed by atoms with E-state index in [0.29, 0.717) is 6.54 Å². The molecule has 1 saturated carbocycles. The standard InChI is InChI=1S/C16H22N2O2/c1-12(13-7-3-2-4-8-13)11-17-15(19)16(20)18-14-9-5-6-10-14/h2-4,7-8,12,14H,5-6,9-11H2,1H3,(H,17,19)(H,18,20)/t12-/m1/s1. The fraction of sp³-hybridized carbons (Fsp3) is 0.500. The third-order valence-corrected chi connectivity index (χ3v) is 3.83. The molecule has 20 heavy (non-hydrogen) atoms. The van der Waals surface area contributed by atoms with Crippen molar-refractivity contribution >= 4 is 11.8 Å². The first kappa shape index (κ1) is 14.6. The number of hydrogen-bond donors (Lipinski definition) is 2. The van der Waals surface area contributed by atoms with Crippen LogP contribution in [-0.2, 0) is 9.59 Å². The molecule has 0 radical (unpaired) electrons. The Morgan fingerprint density at radius 3 is 2.45 bits per heavy atom. The van der Waals surface area contributed by atoms with Crippen LogP contribution in [-0.4, -0.2) is 24.4 Å². The highest BCUT2D eigenvalue weighted by molar-refractivity contribution is 6.35. The van der Waals surface area contributed by atoms with Crippen LogP contribution in [0.3, 0.4) is 0 Å². The highest BCUT2D eigenvalue weighted by Gasteiger charge is 2.21. The Balaban J connectivity index is 1.75. The van der Waals surface area contributed by atoms with Gasteiger partial charge in [0.05, 0.1) is 0 Å². The molecule has 1 aromatic rings. The molecule has 0 bridgehead atoms. The highest BCUT2D eigenvalue weighted by Crippen LogP contribution is 2.17. The third-order valence-electron chi connectivity index (χ3n) is 3.83. The zero-order valence-corrected chi connectivity index (χ0v) is 11.9. The van der Waals surface area contributed by atoms with Gasteiger partial charge in [-0.2, -0.15) is 0 Å². The molecule has 1 atom stereocenters. The summed E-state index contributed by atoms with van der Waals surface area (Å²) in [4.78, 5) is 23.5. The van der Waals surface area contributed by atoms with Crippen molar-refractivity contribution in [3.05, 3.63) is 35.9 Å². The molecule has 1 aliphatic carbocycles. The molecular weight excluding hydrogens is 252 g/mol. The fourth-order valence-electron chi connectivity index (χ4n) is 2.55. The zero-order valence-electron chi connectivity index (χ0n) is 11.9. The number of amides is 2. The molecule has 0 saturated heterocycles. The van der Waals surface area contributed by atoms with Crippen molar-refractivity contribution in [3.8, 4) is 0 Å². The molecule has 2 rings (SSSR count). The van der Waals surface area contributed by atoms with E-state index in [9.17, 15) is 9.59 Å². The number of rotatable bonds is 4. The molecule has 0 aliphatic heterocycles. The first-order valence-electron chi connectivity index (χ1n) is 7.30. The molecule has 108 valence electrons. The summed E-state index contributed by atoms with van der Waals surface area (Å²) in [5.41, 5.74) is 1.16. The lowest BCUT2D eigenvalue weighted by Crippen LogP contribution is -2.44. The largest absolute Gasteiger partial charge is 0.347 e. The number of carbonyl (C=O) groups is 2. The van der Waals surface area contributed by atoms with Crippen molar-refractivity contribution in [1.82, 2.24) is 10.6 Å². The quantitative estimate of drug-likeness (QED) is 0.825. The lowest BCUT2D eigenvalue weighted by Gasteiger charge is -2.14. The minimum atomic E-state index is -0.528. The van der Waals surface area contributed by atoms with Crippen molar-refractivity contribution in [1.29, 1.82) is 0 Å². The number of benzene rings is 1. The number of hydrogen-bond acceptors (Lipinski definition) is 2. The van der Waals surface area contributed by atoms with E-state index in [2.05, 4.69) is 10.6 Å². The van der Waals surface area contributed by atoms with Gasteiger partial charge in [-0.15, -0.1) is 0 Å². The molecule has 1 aromatic carbocycles. The maximum atomic E-state index is 11.7. The van der Waals surface area contributed by atoms with Crippen LogP contribution in [0.1, 0.15) is 44.1 Å². The molecule has 0 spiro atoms. The predicted molar refractivity (Wildman–Crippen MR) is 78.3 cm³/mol. The average molecular weight is 274 g/mol. The summed E-state index contributed by atoms with van der Waals surface area (Å²) in [6.45, 7) is 2.51. The van der Waals surface area contributed by atoms with E-state index in [1.807, 2.05) is 37.3 Å². The normalized spacial score (nSPS) is 16.6. The smallest absolute Gasteiger partial charge is 0.309 e. The fourth-order valence-corrected chi connectivity index (χ4v) is 2.55. The molecule has 4 heteroatoms. The Bertz CT molecular complexity index is 453. The van der Waals surface area contributed by atoms with Crippen LogP contribution in [0.25, 0.3) is 0 Å². The first-order valence-corrected chi connectivity index (χ1v) is 7.30. The van der Waals surface area contributed by atoms with Gasteiger partial charge in [0, 0.05) is 12.6 Å². The third kappa shape index (κ3) is 4.08. The Morgan fingerprint density at radius 2 is 1.80 bits per heavy atom. The summed E-state index contributed by atoms with van der Waals surface area (Å²) in [5.74, 6) is -0.837. The minimum absolute atomic E-state index is 0.180. The van der Waals surface area contributed by atoms with Gasteiger partial charge < -0.3 is 10.6 Å². The Kier molecular flexibility index (Phi) is 5.16. The molecule has 0 heterocycles. The van der Waals surface area contributed by atoms with Crippen LogP contribution in [0.2, 0.25) is 0 Å². The van der Waals surface area contributed by atoms with Crippen LogP contribution in [0.4, 0.5) is 0 Å². The summed E-state index contributed by atoms with van der Waals surface area (Å²) >= 11 is 0. The van der Waals surface area contributed by atoms with E-state index < -0.39 is 11.8 Å². The van der Waals surface area contributed by atoms with E-state index in [4.69, 9.17) is 0 Å². The molecule has 1 aliphatic rings. The van der Waals surface area contributed by atoms with E-state index in [-0.39, 0.29) is 12.0 Å². The molecular formula is C16H22N2O2. The first-order chi connectivity index (χ1) is 9.66. The van der Waals surface area contributed by atoms with Crippen molar-refractivity contribution in [3.63, 3.8) is 0 Å². The van der Waals surface area contributed by atoms with Crippen LogP contribution in [0.5, 0.6) is 0 Å². The van der Waals surface area contributed by atoms with Gasteiger partial charge in [-0.1, -0.05) is 50.1 Å². The van der Waals surface area contributed by atoms with Crippen LogP contribution < -0.4 is 10.6 Å². The van der Waals surface area contributed by atoms with Gasteiger partial charge in [0.2, 0.25) is 0 Å². The van der Waals surface area contributed by atoms with Gasteiger partial charge in [0.25, 0.3) is 0 Å². The average Bonchev–Trinajstić information content (AvgIpc) is 2.98. The Labute approximate surface area is 119 Å². The number of carbonyl (C=O) groups excluding carboxylic acids is 2. The molecule has 2 amide bonds. The van der Waals surface area contributed by atoms with Crippen molar-refractivity contribution in [2.24, 2.45) is 0 Å². The summed E-state index contributed by atoms with van der Waals surface area (Å²) in [5, 5.41) is 5.49. The van der Waals surface area contributed by atoms with Crippen LogP contribution in [0.15, 0.2) is 30.3 Å². The SMILES string of the molecule is C[C@H](CNC(=O)C(=O)NC1CCCC1)c1ccccc1. The van der Waals surface area contributed by atoms with Crippen LogP contribution in [0, 0.1) is 0 Å². The van der Waals surface area contributed by atoms with Gasteiger partial charge in [0.1, 0.15) is 0 Å². The van der Waals surface area contributed by atoms with Gasteiger partial charge in [-0.25, -0.2) is 0 Å². The zero-order chi connectivity index (χ0) is 14.4. The van der Waals surface area contributed by atoms with Crippen molar-refractivity contribution in [2.45, 2.75) is 44.6 Å². The molecule has 1 fully saturated rings. The lowest BCUT2D eigenvalue weighted by atomic mass is 10.0. The summed E-state index contributed by atoms with van der Waals surface area (Å²) < 4.78 is 0. The molecule has 2 N–H and O–H groups in total. The maximum absolute atomic E-state index is 11.7. The Hall–Kier alpha value is -1.84. The van der Waals surface area contributed by atoms with E-state index in [1.54, 1.807) is 0 Å². The predicted octanol–water partition coefficient (Wildman–Crippen LogP) is 1.97. The minimum Gasteiger partial charge on any atom is -0.347 e. The van der Waals surface area contributed by atoms with Gasteiger partial charge in [-0.05, 0) is 24.3 Å². The lowest BCUT2D eigenvalue weighted by molar-refractivity contribution is -0.139. The van der Waals surface area contributed by atoms with Gasteiger partial charge >= 0.3 is 11.8 Å². The molecule has 0 unspecified atom stereocenters. The topological polar surface area (TPSA) is 58.2 Å². The Morgan fingerprint density at radius 1 is 1.15 bits per heavy atom. The second-order valence-corrected chi connectivity index (χ2v) is 5.48. The van der Waals surface area contributed by atoms with Gasteiger partial charge in [0.15, 0.2) is 0 Å². The molecule has 0 aromatic heterocycles. The van der Waals surface area contributed by atoms with Gasteiger partial charge in [-0.3, -0.25) is 9.59 Å². The highest BCUT2D eigenvalue weighted by atomic mass is 16.2. The second-order valence-electron chi connectivity index (χ2n) is 5.48. The van der Waals surface area contributed by atoms with Crippen molar-refractivity contribution < 1.29 is 9.59 Å². The summed E-state index contributed by atoms with van der Waals surface area (Å²) in [7, 11) is 0. The maximum Gasteiger partial charge on any atom is 0.309 e.